The molecule has 0 bridgehead atoms. The first kappa shape index (κ1) is 25.6. The minimum atomic E-state index is -3.64. The molecule has 2 fully saturated rings. The molecule has 0 unspecified atom stereocenters. The van der Waals surface area contributed by atoms with E-state index in [0.717, 1.165) is 19.3 Å². The predicted molar refractivity (Wildman–Crippen MR) is 132 cm³/mol. The molecule has 190 valence electrons. The molecule has 0 radical (unpaired) electrons. The van der Waals surface area contributed by atoms with Crippen LogP contribution in [0.3, 0.4) is 0 Å². The SMILES string of the molecule is COc1ccc(S(=O)(=O)N2CCC(C(=O)Nc3ccc(S(=O)(=O)N4CCCCC4)cc3)CC2)cc1. The van der Waals surface area contributed by atoms with Gasteiger partial charge < -0.3 is 10.1 Å². The molecule has 1 N–H and O–H groups in total. The van der Waals surface area contributed by atoms with Crippen molar-refractivity contribution in [2.24, 2.45) is 5.92 Å². The van der Waals surface area contributed by atoms with Crippen LogP contribution in [0, 0.1) is 5.92 Å². The van der Waals surface area contributed by atoms with Crippen LogP contribution in [0.15, 0.2) is 58.3 Å². The second-order valence-electron chi connectivity index (χ2n) is 8.83. The lowest BCUT2D eigenvalue weighted by Gasteiger charge is -2.30. The summed E-state index contributed by atoms with van der Waals surface area (Å²) in [7, 11) is -5.64. The van der Waals surface area contributed by atoms with E-state index >= 15 is 0 Å². The standard InChI is InChI=1S/C24H31N3O6S2/c1-33-21-7-11-23(12-8-21)35(31,32)27-17-13-19(14-18-27)24(28)25-20-5-9-22(10-6-20)34(29,30)26-15-3-2-4-16-26/h5-12,19H,2-4,13-18H2,1H3,(H,25,28). The Morgan fingerprint density at radius 1 is 0.771 bits per heavy atom. The van der Waals surface area contributed by atoms with Gasteiger partial charge in [-0.05, 0) is 74.2 Å². The summed E-state index contributed by atoms with van der Waals surface area (Å²) in [5.74, 6) is 0.0589. The molecule has 0 spiro atoms. The normalized spacial score (nSPS) is 18.8. The van der Waals surface area contributed by atoms with E-state index in [0.29, 0.717) is 37.4 Å². The number of anilines is 1. The first-order valence-corrected chi connectivity index (χ1v) is 14.6. The van der Waals surface area contributed by atoms with Crippen molar-refractivity contribution < 1.29 is 26.4 Å². The number of rotatable bonds is 7. The summed E-state index contributed by atoms with van der Waals surface area (Å²) in [5, 5.41) is 2.84. The minimum absolute atomic E-state index is 0.195. The molecule has 0 atom stereocenters. The maximum atomic E-state index is 12.9. The largest absolute Gasteiger partial charge is 0.497 e. The fourth-order valence-electron chi connectivity index (χ4n) is 4.46. The van der Waals surface area contributed by atoms with E-state index in [1.807, 2.05) is 0 Å². The molecule has 4 rings (SSSR count). The van der Waals surface area contributed by atoms with Gasteiger partial charge in [-0.1, -0.05) is 6.42 Å². The summed E-state index contributed by atoms with van der Waals surface area (Å²) in [6.07, 6.45) is 3.59. The number of hydrogen-bond acceptors (Lipinski definition) is 6. The molecular weight excluding hydrogens is 490 g/mol. The van der Waals surface area contributed by atoms with Gasteiger partial charge in [0.05, 0.1) is 16.9 Å². The van der Waals surface area contributed by atoms with Crippen LogP contribution < -0.4 is 10.1 Å². The van der Waals surface area contributed by atoms with Crippen LogP contribution in [0.1, 0.15) is 32.1 Å². The van der Waals surface area contributed by atoms with Crippen molar-refractivity contribution in [1.82, 2.24) is 8.61 Å². The summed E-state index contributed by atoms with van der Waals surface area (Å²) in [5.41, 5.74) is 0.515. The third-order valence-electron chi connectivity index (χ3n) is 6.60. The fourth-order valence-corrected chi connectivity index (χ4v) is 7.45. The van der Waals surface area contributed by atoms with Crippen molar-refractivity contribution in [3.05, 3.63) is 48.5 Å². The Hall–Kier alpha value is -2.47. The highest BCUT2D eigenvalue weighted by Gasteiger charge is 2.32. The number of hydrogen-bond donors (Lipinski definition) is 1. The van der Waals surface area contributed by atoms with Gasteiger partial charge in [0.25, 0.3) is 0 Å². The van der Waals surface area contributed by atoms with Crippen molar-refractivity contribution in [3.63, 3.8) is 0 Å². The van der Waals surface area contributed by atoms with Crippen LogP contribution in [0.2, 0.25) is 0 Å². The van der Waals surface area contributed by atoms with Gasteiger partial charge in [0.2, 0.25) is 26.0 Å². The Labute approximate surface area is 207 Å². The van der Waals surface area contributed by atoms with E-state index in [1.165, 1.54) is 40.0 Å². The van der Waals surface area contributed by atoms with Crippen LogP contribution in [0.25, 0.3) is 0 Å². The lowest BCUT2D eigenvalue weighted by molar-refractivity contribution is -0.120. The van der Waals surface area contributed by atoms with Crippen LogP contribution in [-0.2, 0) is 24.8 Å². The summed E-state index contributed by atoms with van der Waals surface area (Å²) in [6, 6.07) is 12.5. The van der Waals surface area contributed by atoms with Crippen LogP contribution in [-0.4, -0.2) is 64.6 Å². The lowest BCUT2D eigenvalue weighted by Crippen LogP contribution is -2.41. The fraction of sp³-hybridized carbons (Fsp3) is 0.458. The topological polar surface area (TPSA) is 113 Å². The van der Waals surface area contributed by atoms with Gasteiger partial charge in [-0.15, -0.1) is 0 Å². The van der Waals surface area contributed by atoms with Gasteiger partial charge in [-0.3, -0.25) is 4.79 Å². The molecule has 2 aromatic rings. The molecule has 0 aliphatic carbocycles. The van der Waals surface area contributed by atoms with Gasteiger partial charge in [0, 0.05) is 37.8 Å². The Morgan fingerprint density at radius 3 is 1.77 bits per heavy atom. The molecule has 2 aromatic carbocycles. The first-order chi connectivity index (χ1) is 16.7. The third-order valence-corrected chi connectivity index (χ3v) is 10.4. The number of carbonyl (C=O) groups excluding carboxylic acids is 1. The lowest BCUT2D eigenvalue weighted by atomic mass is 9.97. The number of ether oxygens (including phenoxy) is 1. The second-order valence-corrected chi connectivity index (χ2v) is 12.7. The number of carbonyl (C=O) groups is 1. The highest BCUT2D eigenvalue weighted by atomic mass is 32.2. The zero-order valence-electron chi connectivity index (χ0n) is 19.7. The zero-order valence-corrected chi connectivity index (χ0v) is 21.4. The molecule has 9 nitrogen and oxygen atoms in total. The molecule has 2 aliphatic rings. The number of sulfonamides is 2. The third kappa shape index (κ3) is 5.69. The first-order valence-electron chi connectivity index (χ1n) is 11.8. The van der Waals surface area contributed by atoms with Crippen LogP contribution in [0.5, 0.6) is 5.75 Å². The van der Waals surface area contributed by atoms with Crippen molar-refractivity contribution in [2.45, 2.75) is 41.9 Å². The number of piperidine rings is 2. The average Bonchev–Trinajstić information content (AvgIpc) is 2.89. The van der Waals surface area contributed by atoms with Gasteiger partial charge in [0.1, 0.15) is 5.75 Å². The van der Waals surface area contributed by atoms with Crippen molar-refractivity contribution in [3.8, 4) is 5.75 Å². The van der Waals surface area contributed by atoms with Crippen molar-refractivity contribution in [1.29, 1.82) is 0 Å². The average molecular weight is 522 g/mol. The monoisotopic (exact) mass is 521 g/mol. The van der Waals surface area contributed by atoms with Gasteiger partial charge in [-0.2, -0.15) is 8.61 Å². The minimum Gasteiger partial charge on any atom is -0.497 e. The van der Waals surface area contributed by atoms with Gasteiger partial charge >= 0.3 is 0 Å². The molecule has 0 saturated carbocycles. The highest BCUT2D eigenvalue weighted by molar-refractivity contribution is 7.89. The number of nitrogens with one attached hydrogen (secondary N) is 1. The number of amides is 1. The Morgan fingerprint density at radius 2 is 1.26 bits per heavy atom. The quantitative estimate of drug-likeness (QED) is 0.600. The second kappa shape index (κ2) is 10.7. The van der Waals surface area contributed by atoms with E-state index in [9.17, 15) is 21.6 Å². The number of benzene rings is 2. The van der Waals surface area contributed by atoms with E-state index in [2.05, 4.69) is 5.32 Å². The van der Waals surface area contributed by atoms with Gasteiger partial charge in [-0.25, -0.2) is 16.8 Å². The van der Waals surface area contributed by atoms with E-state index in [4.69, 9.17) is 4.74 Å². The molecule has 2 heterocycles. The Bertz CT molecular complexity index is 1230. The van der Waals surface area contributed by atoms with Crippen molar-refractivity contribution in [2.75, 3.05) is 38.6 Å². The summed E-state index contributed by atoms with van der Waals surface area (Å²) in [6.45, 7) is 1.57. The van der Waals surface area contributed by atoms with Gasteiger partial charge in [0.15, 0.2) is 0 Å². The number of methoxy groups -OCH3 is 1. The van der Waals surface area contributed by atoms with E-state index in [-0.39, 0.29) is 34.7 Å². The van der Waals surface area contributed by atoms with Crippen LogP contribution >= 0.6 is 0 Å². The molecule has 11 heteroatoms. The smallest absolute Gasteiger partial charge is 0.243 e. The van der Waals surface area contributed by atoms with E-state index in [1.54, 1.807) is 24.3 Å². The van der Waals surface area contributed by atoms with Crippen LogP contribution in [0.4, 0.5) is 5.69 Å². The predicted octanol–water partition coefficient (Wildman–Crippen LogP) is 2.91. The molecule has 2 saturated heterocycles. The summed E-state index contributed by atoms with van der Waals surface area (Å²) >= 11 is 0. The molecular formula is C24H31N3O6S2. The molecule has 35 heavy (non-hydrogen) atoms. The highest BCUT2D eigenvalue weighted by Crippen LogP contribution is 2.27. The maximum Gasteiger partial charge on any atom is 0.243 e. The molecule has 0 aromatic heterocycles. The summed E-state index contributed by atoms with van der Waals surface area (Å²) in [4.78, 5) is 13.2. The summed E-state index contributed by atoms with van der Waals surface area (Å²) < 4.78 is 59.4. The van der Waals surface area contributed by atoms with Crippen molar-refractivity contribution >= 4 is 31.6 Å². The van der Waals surface area contributed by atoms with E-state index < -0.39 is 20.0 Å². The Balaban J connectivity index is 1.33. The number of nitrogens with zero attached hydrogens (tertiary/aromatic N) is 2. The Kier molecular flexibility index (Phi) is 7.80. The molecule has 2 aliphatic heterocycles. The molecule has 1 amide bonds. The zero-order chi connectivity index (χ0) is 25.1. The maximum absolute atomic E-state index is 12.9.